The topological polar surface area (TPSA) is 0 Å². The van der Waals surface area contributed by atoms with Gasteiger partial charge in [-0.15, -0.1) is 6.92 Å². The smallest absolute Gasteiger partial charge is 1.00 e. The van der Waals surface area contributed by atoms with Gasteiger partial charge in [-0.2, -0.15) is 11.1 Å². The molecule has 9 aromatic rings. The van der Waals surface area contributed by atoms with Crippen LogP contribution in [0, 0.1) is 220 Å². The van der Waals surface area contributed by atoms with Crippen molar-refractivity contribution in [2.24, 2.45) is 5.92 Å². The second kappa shape index (κ2) is 31.2. The quantitative estimate of drug-likeness (QED) is 0.0768. The molecule has 9 aromatic carbocycles. The molecule has 1 aliphatic rings. The first-order valence-electron chi connectivity index (χ1n) is 34.9. The van der Waals surface area contributed by atoms with Crippen LogP contribution < -0.4 is 52.8 Å². The number of halogens is 3. The minimum Gasteiger partial charge on any atom is -1.00 e. The zero-order valence-corrected chi connectivity index (χ0v) is 71.2. The van der Waals surface area contributed by atoms with Crippen LogP contribution in [-0.4, -0.2) is 8.80 Å². The van der Waals surface area contributed by atoms with Crippen LogP contribution in [0.3, 0.4) is 0 Å². The van der Waals surface area contributed by atoms with Gasteiger partial charge in [0.1, 0.15) is 0 Å². The van der Waals surface area contributed by atoms with E-state index in [-0.39, 0.29) is 58.9 Å². The van der Waals surface area contributed by atoms with Crippen LogP contribution >= 0.6 is 0 Å². The molecular weight excluding hydrogens is 1300 g/mol. The van der Waals surface area contributed by atoms with E-state index in [0.717, 1.165) is 0 Å². The first-order chi connectivity index (χ1) is 43.8. The number of hydrogen-bond acceptors (Lipinski definition) is 0. The fourth-order valence-electron chi connectivity index (χ4n) is 16.4. The molecule has 1 atom stereocenters. The molecule has 0 saturated carbocycles. The number of rotatable bonds is 9. The van der Waals surface area contributed by atoms with Crippen LogP contribution in [0.5, 0.6) is 0 Å². The molecule has 0 saturated heterocycles. The van der Waals surface area contributed by atoms with E-state index in [2.05, 4.69) is 296 Å². The van der Waals surface area contributed by atoms with Gasteiger partial charge in [-0.25, -0.2) is 5.57 Å². The van der Waals surface area contributed by atoms with Crippen LogP contribution in [0.2, 0.25) is 0 Å². The fourth-order valence-corrected chi connectivity index (χ4v) is 19.2. The van der Waals surface area contributed by atoms with Gasteiger partial charge >= 0.3 is 21.7 Å². The molecule has 10 rings (SSSR count). The summed E-state index contributed by atoms with van der Waals surface area (Å²) in [5.41, 5.74) is 61.7. The third-order valence-corrected chi connectivity index (χ3v) is 28.2. The molecule has 0 amide bonds. The molecule has 513 valence electrons. The molecule has 0 spiro atoms. The molecule has 0 aromatic heterocycles. The second-order valence-corrected chi connectivity index (χ2v) is 32.1. The minimum absolute atomic E-state index is 0. The van der Waals surface area contributed by atoms with Gasteiger partial charge in [-0.1, -0.05) is 63.1 Å². The summed E-state index contributed by atoms with van der Waals surface area (Å²) >= 11 is 0. The van der Waals surface area contributed by atoms with Crippen LogP contribution in [-0.2, 0) is 21.7 Å². The summed E-state index contributed by atoms with van der Waals surface area (Å²) < 4.78 is 0. The SMILES string of the molecule is CC1=[C-]C(C)C(C)=C1C.Cc1c(C)c(C)c(-c2cc(-c3c(C)c(C)c(C)c(C)c3C)cc([Si](c3cc(-c4c(C)c(C)c(C)c(C)c4C)cc(-c4c(C)c(C)c(C)c(C)c4C)c3)c3cc(-c4c(C)c(C)c(C)c(C)c4C)cc(-c4c(C)c(C)c(C)c(C)c4C)c3)c2)c(C)c1C.[Cl-].[Cl-].[Cl-].[Ti+4]. The standard InChI is InChI=1S/C84H99Si.C9H13.3ClH.Ti/c1-40-46(7)58(19)79(59(20)47(40)8)70-31-71(80-60(21)48(9)41(2)49(10)61(80)22)35-76(34-70)85(77-36-72(81-62(23)50(11)42(3)51(12)63(81)24)32-73(37-77)82-64(25)52(13)43(4)53(14)65(82)26)78-38-74(83-66(27)54(15)44(5)55(16)67(83)28)33-75(39-78)84-68(29)56(17)45(6)57(18)69(84)30;1-6-5-7(2)9(4)8(6)3;;;;/h31-39H,1-30H3;6H,1-4H3;3*1H;/q;-1;;;;+4/p-3. The predicted molar refractivity (Wildman–Crippen MR) is 419 cm³/mol. The van der Waals surface area contributed by atoms with Crippen LogP contribution in [0.25, 0.3) is 66.8 Å². The summed E-state index contributed by atoms with van der Waals surface area (Å²) in [6.07, 6.45) is 3.36. The Balaban J connectivity index is 0.00000123. The Kier molecular flexibility index (Phi) is 26.4. The molecule has 5 heteroatoms. The van der Waals surface area contributed by atoms with Gasteiger partial charge < -0.3 is 37.2 Å². The summed E-state index contributed by atoms with van der Waals surface area (Å²) in [6, 6.07) is 23.7. The summed E-state index contributed by atoms with van der Waals surface area (Å²) in [4.78, 5) is 0. The van der Waals surface area contributed by atoms with Crippen LogP contribution in [0.15, 0.2) is 71.3 Å². The molecule has 0 N–H and O–H groups in total. The van der Waals surface area contributed by atoms with Crippen molar-refractivity contribution in [1.29, 1.82) is 0 Å². The summed E-state index contributed by atoms with van der Waals surface area (Å²) in [5.74, 6) is 0.560. The number of hydrogen-bond donors (Lipinski definition) is 0. The van der Waals surface area contributed by atoms with Gasteiger partial charge in [0, 0.05) is 0 Å². The Morgan fingerprint density at radius 1 is 0.214 bits per heavy atom. The Morgan fingerprint density at radius 2 is 0.347 bits per heavy atom. The molecular formula is C93H112Cl3SiTi. The van der Waals surface area contributed by atoms with Gasteiger partial charge in [0.15, 0.2) is 8.80 Å². The summed E-state index contributed by atoms with van der Waals surface area (Å²) in [6.45, 7) is 79.2. The first kappa shape index (κ1) is 82.9. The third kappa shape index (κ3) is 14.0. The maximum absolute atomic E-state index is 3.36. The maximum atomic E-state index is 3.36. The van der Waals surface area contributed by atoms with Gasteiger partial charge in [-0.3, -0.25) is 6.08 Å². The summed E-state index contributed by atoms with van der Waals surface area (Å²) in [7, 11) is -1.97. The van der Waals surface area contributed by atoms with E-state index in [0.29, 0.717) is 5.92 Å². The van der Waals surface area contributed by atoms with E-state index in [4.69, 9.17) is 0 Å². The van der Waals surface area contributed by atoms with Gasteiger partial charge in [-0.05, 0) is 475 Å². The van der Waals surface area contributed by atoms with E-state index in [1.54, 1.807) is 0 Å². The van der Waals surface area contributed by atoms with Crippen molar-refractivity contribution in [1.82, 2.24) is 0 Å². The predicted octanol–water partition coefficient (Wildman–Crippen LogP) is 15.2. The van der Waals surface area contributed by atoms with Crippen molar-refractivity contribution in [3.05, 3.63) is 244 Å². The molecule has 0 bridgehead atoms. The Morgan fingerprint density at radius 3 is 0.449 bits per heavy atom. The molecule has 1 aliphatic carbocycles. The van der Waals surface area contributed by atoms with Crippen LogP contribution in [0.1, 0.15) is 195 Å². The molecule has 98 heavy (non-hydrogen) atoms. The fraction of sp³-hybridized carbons (Fsp3) is 0.376. The van der Waals surface area contributed by atoms with Gasteiger partial charge in [0.25, 0.3) is 0 Å². The molecule has 0 nitrogen and oxygen atoms in total. The molecule has 0 heterocycles. The number of benzene rings is 9. The van der Waals surface area contributed by atoms with E-state index >= 15 is 0 Å². The second-order valence-electron chi connectivity index (χ2n) is 29.6. The van der Waals surface area contributed by atoms with Crippen molar-refractivity contribution in [3.63, 3.8) is 0 Å². The number of allylic oxidation sites excluding steroid dienone is 4. The molecule has 1 radical (unpaired) electrons. The zero-order valence-electron chi connectivity index (χ0n) is 66.4. The van der Waals surface area contributed by atoms with E-state index in [1.807, 2.05) is 0 Å². The normalized spacial score (nSPS) is 12.7. The van der Waals surface area contributed by atoms with Crippen molar-refractivity contribution in [2.45, 2.75) is 235 Å². The largest absolute Gasteiger partial charge is 4.00 e. The Hall–Kier alpha value is -5.74. The van der Waals surface area contributed by atoms with Crippen molar-refractivity contribution in [3.8, 4) is 66.8 Å². The summed E-state index contributed by atoms with van der Waals surface area (Å²) in [5, 5.41) is 4.20. The average Bonchev–Trinajstić information content (AvgIpc) is 0.859. The zero-order chi connectivity index (χ0) is 69.9. The molecule has 0 aliphatic heterocycles. The molecule has 0 fully saturated rings. The molecule has 1 unspecified atom stereocenters. The first-order valence-corrected chi connectivity index (χ1v) is 36.4. The van der Waals surface area contributed by atoms with Gasteiger partial charge in [0.2, 0.25) is 0 Å². The van der Waals surface area contributed by atoms with Crippen molar-refractivity contribution < 1.29 is 58.9 Å². The van der Waals surface area contributed by atoms with Crippen molar-refractivity contribution in [2.75, 3.05) is 0 Å². The maximum Gasteiger partial charge on any atom is 4.00 e. The van der Waals surface area contributed by atoms with Crippen molar-refractivity contribution >= 4 is 24.4 Å². The van der Waals surface area contributed by atoms with E-state index in [9.17, 15) is 0 Å². The minimum atomic E-state index is -1.97. The Bertz CT molecular complexity index is 3920. The van der Waals surface area contributed by atoms with E-state index in [1.165, 1.54) is 266 Å². The van der Waals surface area contributed by atoms with Crippen LogP contribution in [0.4, 0.5) is 0 Å². The van der Waals surface area contributed by atoms with Gasteiger partial charge in [0.05, 0.1) is 0 Å². The third-order valence-electron chi connectivity index (χ3n) is 25.6. The Labute approximate surface area is 630 Å². The van der Waals surface area contributed by atoms with E-state index < -0.39 is 8.80 Å². The average molecular weight is 1410 g/mol. The monoisotopic (exact) mass is 1410 g/mol.